The van der Waals surface area contributed by atoms with E-state index in [9.17, 15) is 4.79 Å². The van der Waals surface area contributed by atoms with E-state index in [0.29, 0.717) is 5.92 Å². The second-order valence-electron chi connectivity index (χ2n) is 4.20. The van der Waals surface area contributed by atoms with Gasteiger partial charge in [0.25, 0.3) is 0 Å². The average Bonchev–Trinajstić information content (AvgIpc) is 2.89. The van der Waals surface area contributed by atoms with Crippen molar-refractivity contribution < 1.29 is 14.6 Å². The van der Waals surface area contributed by atoms with Crippen LogP contribution in [0.2, 0.25) is 0 Å². The summed E-state index contributed by atoms with van der Waals surface area (Å²) in [4.78, 5) is 14.8. The average molecular weight is 256 g/mol. The first-order valence-corrected chi connectivity index (χ1v) is 6.60. The Bertz CT molecular complexity index is 399. The number of nitrogens with zero attached hydrogens (tertiary/aromatic N) is 2. The number of thioether (sulfide) groups is 1. The highest BCUT2D eigenvalue weighted by Gasteiger charge is 2.19. The number of aryl methyl sites for hydroxylation is 1. The molecule has 0 bridgehead atoms. The van der Waals surface area contributed by atoms with Crippen molar-refractivity contribution in [3.8, 4) is 0 Å². The molecule has 0 aromatic carbocycles. The summed E-state index contributed by atoms with van der Waals surface area (Å²) in [6.07, 6.45) is 2.86. The van der Waals surface area contributed by atoms with E-state index in [1.807, 2.05) is 6.92 Å². The molecular formula is C11H16N2O3S. The Hall–Kier alpha value is -1.01. The number of hydrogen-bond acceptors (Lipinski definition) is 4. The van der Waals surface area contributed by atoms with Crippen LogP contribution >= 0.6 is 11.8 Å². The summed E-state index contributed by atoms with van der Waals surface area (Å²) in [6, 6.07) is 0. The van der Waals surface area contributed by atoms with Crippen molar-refractivity contribution in [1.82, 2.24) is 9.55 Å². The fourth-order valence-electron chi connectivity index (χ4n) is 1.89. The minimum atomic E-state index is -0.814. The maximum absolute atomic E-state index is 10.6. The molecule has 0 spiro atoms. The van der Waals surface area contributed by atoms with Gasteiger partial charge in [-0.25, -0.2) is 4.98 Å². The van der Waals surface area contributed by atoms with Gasteiger partial charge in [-0.05, 0) is 13.3 Å². The van der Waals surface area contributed by atoms with Crippen molar-refractivity contribution in [2.45, 2.75) is 25.0 Å². The number of aromatic nitrogens is 2. The van der Waals surface area contributed by atoms with E-state index in [1.165, 1.54) is 11.8 Å². The van der Waals surface area contributed by atoms with Crippen LogP contribution in [0.1, 0.15) is 12.1 Å². The number of hydrogen-bond donors (Lipinski definition) is 1. The molecule has 0 radical (unpaired) electrons. The van der Waals surface area contributed by atoms with Crippen LogP contribution in [0.15, 0.2) is 11.4 Å². The quantitative estimate of drug-likeness (QED) is 0.807. The Kier molecular flexibility index (Phi) is 4.06. The van der Waals surface area contributed by atoms with Crippen LogP contribution in [0.4, 0.5) is 0 Å². The summed E-state index contributed by atoms with van der Waals surface area (Å²) in [5, 5.41) is 9.47. The lowest BCUT2D eigenvalue weighted by molar-refractivity contribution is -0.133. The number of imidazole rings is 1. The van der Waals surface area contributed by atoms with Crippen LogP contribution < -0.4 is 0 Å². The van der Waals surface area contributed by atoms with Gasteiger partial charge in [-0.15, -0.1) is 0 Å². The highest BCUT2D eigenvalue weighted by molar-refractivity contribution is 7.99. The first-order chi connectivity index (χ1) is 8.16. The van der Waals surface area contributed by atoms with E-state index in [-0.39, 0.29) is 5.75 Å². The molecule has 1 aromatic rings. The molecule has 94 valence electrons. The molecule has 1 atom stereocenters. The summed E-state index contributed by atoms with van der Waals surface area (Å²) >= 11 is 1.27. The Morgan fingerprint density at radius 1 is 1.76 bits per heavy atom. The van der Waals surface area contributed by atoms with E-state index >= 15 is 0 Å². The summed E-state index contributed by atoms with van der Waals surface area (Å²) in [6.45, 7) is 4.48. The molecular weight excluding hydrogens is 240 g/mol. The highest BCUT2D eigenvalue weighted by Crippen LogP contribution is 2.22. The molecule has 2 rings (SSSR count). The van der Waals surface area contributed by atoms with Crippen molar-refractivity contribution in [2.24, 2.45) is 5.92 Å². The Morgan fingerprint density at radius 3 is 3.24 bits per heavy atom. The molecule has 1 aliphatic heterocycles. The van der Waals surface area contributed by atoms with E-state index in [1.54, 1.807) is 6.20 Å². The van der Waals surface area contributed by atoms with E-state index < -0.39 is 5.97 Å². The van der Waals surface area contributed by atoms with Crippen LogP contribution in [-0.4, -0.2) is 39.6 Å². The first-order valence-electron chi connectivity index (χ1n) is 5.61. The van der Waals surface area contributed by atoms with Gasteiger partial charge in [-0.2, -0.15) is 0 Å². The highest BCUT2D eigenvalue weighted by atomic mass is 32.2. The predicted octanol–water partition coefficient (Wildman–Crippen LogP) is 1.40. The maximum atomic E-state index is 10.6. The molecule has 1 saturated heterocycles. The largest absolute Gasteiger partial charge is 0.481 e. The molecule has 17 heavy (non-hydrogen) atoms. The zero-order valence-corrected chi connectivity index (χ0v) is 10.6. The topological polar surface area (TPSA) is 64.3 Å². The molecule has 0 aliphatic carbocycles. The molecule has 0 saturated carbocycles. The van der Waals surface area contributed by atoms with Gasteiger partial charge in [0.15, 0.2) is 5.16 Å². The smallest absolute Gasteiger partial charge is 0.313 e. The summed E-state index contributed by atoms with van der Waals surface area (Å²) in [5.41, 5.74) is 1.07. The standard InChI is InChI=1S/C11H16N2O3S/c1-8-4-12-11(17-7-10(14)15)13(8)5-9-2-3-16-6-9/h4,9H,2-3,5-7H2,1H3,(H,14,15). The van der Waals surface area contributed by atoms with Crippen LogP contribution in [0, 0.1) is 12.8 Å². The third-order valence-corrected chi connectivity index (χ3v) is 3.78. The van der Waals surface area contributed by atoms with Gasteiger partial charge in [0, 0.05) is 31.0 Å². The molecule has 6 heteroatoms. The third-order valence-electron chi connectivity index (χ3n) is 2.81. The van der Waals surface area contributed by atoms with Gasteiger partial charge in [0.1, 0.15) is 0 Å². The summed E-state index contributed by atoms with van der Waals surface area (Å²) < 4.78 is 7.44. The maximum Gasteiger partial charge on any atom is 0.313 e. The number of ether oxygens (including phenoxy) is 1. The molecule has 1 unspecified atom stereocenters. The second kappa shape index (κ2) is 5.55. The summed E-state index contributed by atoms with van der Waals surface area (Å²) in [5.74, 6) is -0.240. The first kappa shape index (κ1) is 12.4. The minimum Gasteiger partial charge on any atom is -0.481 e. The fourth-order valence-corrected chi connectivity index (χ4v) is 2.64. The molecule has 1 N–H and O–H groups in total. The Labute approximate surface area is 104 Å². The Balaban J connectivity index is 2.03. The van der Waals surface area contributed by atoms with E-state index in [2.05, 4.69) is 9.55 Å². The molecule has 2 heterocycles. The number of carboxylic acids is 1. The lowest BCUT2D eigenvalue weighted by atomic mass is 10.1. The van der Waals surface area contributed by atoms with Crippen LogP contribution in [0.5, 0.6) is 0 Å². The zero-order valence-electron chi connectivity index (χ0n) is 9.76. The SMILES string of the molecule is Cc1cnc(SCC(=O)O)n1CC1CCOC1. The van der Waals surface area contributed by atoms with Crippen molar-refractivity contribution in [1.29, 1.82) is 0 Å². The van der Waals surface area contributed by atoms with Crippen LogP contribution in [0.3, 0.4) is 0 Å². The van der Waals surface area contributed by atoms with Gasteiger partial charge in [0.2, 0.25) is 0 Å². The third kappa shape index (κ3) is 3.23. The predicted molar refractivity (Wildman–Crippen MR) is 64.2 cm³/mol. The fraction of sp³-hybridized carbons (Fsp3) is 0.636. The van der Waals surface area contributed by atoms with Gasteiger partial charge >= 0.3 is 5.97 Å². The van der Waals surface area contributed by atoms with Crippen LogP contribution in [0.25, 0.3) is 0 Å². The van der Waals surface area contributed by atoms with Crippen molar-refractivity contribution in [3.63, 3.8) is 0 Å². The van der Waals surface area contributed by atoms with Crippen molar-refractivity contribution in [3.05, 3.63) is 11.9 Å². The van der Waals surface area contributed by atoms with Crippen molar-refractivity contribution in [2.75, 3.05) is 19.0 Å². The van der Waals surface area contributed by atoms with Crippen LogP contribution in [-0.2, 0) is 16.1 Å². The number of carbonyl (C=O) groups is 1. The summed E-state index contributed by atoms with van der Waals surface area (Å²) in [7, 11) is 0. The van der Waals surface area contributed by atoms with E-state index in [0.717, 1.165) is 37.0 Å². The number of rotatable bonds is 5. The lowest BCUT2D eigenvalue weighted by Gasteiger charge is -2.13. The molecule has 0 amide bonds. The molecule has 1 fully saturated rings. The van der Waals surface area contributed by atoms with Crippen molar-refractivity contribution >= 4 is 17.7 Å². The zero-order chi connectivity index (χ0) is 12.3. The number of carboxylic acid groups (broad SMARTS) is 1. The van der Waals surface area contributed by atoms with Gasteiger partial charge in [-0.3, -0.25) is 4.79 Å². The molecule has 1 aromatic heterocycles. The normalized spacial score (nSPS) is 19.7. The second-order valence-corrected chi connectivity index (χ2v) is 5.15. The minimum absolute atomic E-state index is 0.0532. The number of aliphatic carboxylic acids is 1. The van der Waals surface area contributed by atoms with Gasteiger partial charge in [0.05, 0.1) is 12.4 Å². The Morgan fingerprint density at radius 2 is 2.59 bits per heavy atom. The van der Waals surface area contributed by atoms with Gasteiger partial charge in [-0.1, -0.05) is 11.8 Å². The lowest BCUT2D eigenvalue weighted by Crippen LogP contribution is -2.13. The van der Waals surface area contributed by atoms with E-state index in [4.69, 9.17) is 9.84 Å². The van der Waals surface area contributed by atoms with Gasteiger partial charge < -0.3 is 14.4 Å². The molecule has 1 aliphatic rings. The molecule has 5 nitrogen and oxygen atoms in total. The monoisotopic (exact) mass is 256 g/mol.